The van der Waals surface area contributed by atoms with Crippen molar-refractivity contribution in [2.75, 3.05) is 5.32 Å². The van der Waals surface area contributed by atoms with E-state index in [9.17, 15) is 9.18 Å². The van der Waals surface area contributed by atoms with Crippen LogP contribution in [0.5, 0.6) is 0 Å². The number of anilines is 1. The maximum absolute atomic E-state index is 13.3. The van der Waals surface area contributed by atoms with Gasteiger partial charge >= 0.3 is 0 Å². The van der Waals surface area contributed by atoms with Crippen LogP contribution >= 0.6 is 0 Å². The quantitative estimate of drug-likeness (QED) is 0.850. The van der Waals surface area contributed by atoms with E-state index in [-0.39, 0.29) is 23.1 Å². The van der Waals surface area contributed by atoms with Crippen molar-refractivity contribution < 1.29 is 9.18 Å². The van der Waals surface area contributed by atoms with Crippen molar-refractivity contribution >= 4 is 11.7 Å². The van der Waals surface area contributed by atoms with E-state index in [2.05, 4.69) is 24.3 Å². The lowest BCUT2D eigenvalue weighted by Gasteiger charge is -2.41. The van der Waals surface area contributed by atoms with Gasteiger partial charge in [0.05, 0.1) is 5.69 Å². The van der Waals surface area contributed by atoms with E-state index in [1.165, 1.54) is 18.6 Å². The first-order valence-corrected chi connectivity index (χ1v) is 9.48. The van der Waals surface area contributed by atoms with Crippen LogP contribution in [0, 0.1) is 17.2 Å². The molecule has 0 spiro atoms. The van der Waals surface area contributed by atoms with Gasteiger partial charge in [-0.25, -0.2) is 4.39 Å². The van der Waals surface area contributed by atoms with E-state index >= 15 is 0 Å². The molecule has 2 aromatic rings. The van der Waals surface area contributed by atoms with Crippen LogP contribution in [0.25, 0.3) is 11.3 Å². The van der Waals surface area contributed by atoms with Gasteiger partial charge in [-0.15, -0.1) is 0 Å². The van der Waals surface area contributed by atoms with Crippen molar-refractivity contribution in [3.63, 3.8) is 0 Å². The number of aryl methyl sites for hydroxylation is 1. The van der Waals surface area contributed by atoms with E-state index in [0.717, 1.165) is 48.3 Å². The first-order chi connectivity index (χ1) is 12.3. The fraction of sp³-hybridized carbons (Fsp3) is 0.524. The van der Waals surface area contributed by atoms with E-state index in [0.29, 0.717) is 5.92 Å². The molecule has 138 valence electrons. The summed E-state index contributed by atoms with van der Waals surface area (Å²) in [4.78, 5) is 12.7. The molecule has 0 aliphatic heterocycles. The molecule has 1 aromatic carbocycles. The smallest absolute Gasteiger partial charge is 0.228 e. The molecule has 1 heterocycles. The summed E-state index contributed by atoms with van der Waals surface area (Å²) in [7, 11) is 1.87. The molecule has 2 aliphatic rings. The van der Waals surface area contributed by atoms with Crippen LogP contribution in [0.4, 0.5) is 10.2 Å². The average Bonchev–Trinajstić information content (AvgIpc) is 2.81. The number of carbonyl (C=O) groups excluding carboxylic acids is 1. The second-order valence-corrected chi connectivity index (χ2v) is 8.63. The molecule has 0 saturated heterocycles. The molecule has 0 bridgehead atoms. The number of rotatable bonds is 4. The van der Waals surface area contributed by atoms with E-state index < -0.39 is 0 Å². The summed E-state index contributed by atoms with van der Waals surface area (Å²) in [6.45, 7) is 4.40. The highest BCUT2D eigenvalue weighted by molar-refractivity contribution is 5.94. The van der Waals surface area contributed by atoms with Crippen molar-refractivity contribution in [1.82, 2.24) is 9.78 Å². The minimum Gasteiger partial charge on any atom is -0.310 e. The summed E-state index contributed by atoms with van der Waals surface area (Å²) in [5.74, 6) is 1.15. The Labute approximate surface area is 153 Å². The van der Waals surface area contributed by atoms with Crippen molar-refractivity contribution in [3.8, 4) is 11.3 Å². The Morgan fingerprint density at radius 2 is 1.88 bits per heavy atom. The number of halogens is 1. The molecule has 4 nitrogen and oxygen atoms in total. The Hall–Kier alpha value is -2.17. The molecule has 1 aromatic heterocycles. The Balaban J connectivity index is 1.66. The standard InChI is InChI=1S/C21H26FN3O/c1-21(2)11-15(12-21)20(26)23-19-17(13-5-4-6-13)18(24-25(19)3)14-7-9-16(22)10-8-14/h7-10,13,15H,4-6,11-12H2,1-3H3,(H,23,26). The number of hydrogen-bond donors (Lipinski definition) is 1. The molecule has 2 saturated carbocycles. The minimum absolute atomic E-state index is 0.0865. The Bertz CT molecular complexity index is 826. The van der Waals surface area contributed by atoms with Gasteiger partial charge in [0.15, 0.2) is 0 Å². The van der Waals surface area contributed by atoms with Crippen molar-refractivity contribution in [3.05, 3.63) is 35.6 Å². The molecule has 4 rings (SSSR count). The van der Waals surface area contributed by atoms with Crippen LogP contribution in [-0.4, -0.2) is 15.7 Å². The molecule has 1 amide bonds. The predicted molar refractivity (Wildman–Crippen MR) is 100 cm³/mol. The fourth-order valence-electron chi connectivity index (χ4n) is 4.27. The lowest BCUT2D eigenvalue weighted by atomic mass is 9.64. The van der Waals surface area contributed by atoms with Gasteiger partial charge in [-0.2, -0.15) is 5.10 Å². The third-order valence-corrected chi connectivity index (χ3v) is 5.93. The molecule has 2 fully saturated rings. The zero-order chi connectivity index (χ0) is 18.5. The number of nitrogens with zero attached hydrogens (tertiary/aromatic N) is 2. The molecule has 0 radical (unpaired) electrons. The lowest BCUT2D eigenvalue weighted by Crippen LogP contribution is -2.40. The summed E-state index contributed by atoms with van der Waals surface area (Å²) < 4.78 is 15.1. The molecule has 0 atom stereocenters. The van der Waals surface area contributed by atoms with Gasteiger partial charge in [0.2, 0.25) is 5.91 Å². The van der Waals surface area contributed by atoms with Crippen LogP contribution in [0.2, 0.25) is 0 Å². The minimum atomic E-state index is -0.254. The SMILES string of the molecule is Cn1nc(-c2ccc(F)cc2)c(C2CCC2)c1NC(=O)C1CC(C)(C)C1. The number of nitrogens with one attached hydrogen (secondary N) is 1. The second kappa shape index (κ2) is 6.22. The van der Waals surface area contributed by atoms with E-state index in [1.807, 2.05) is 7.05 Å². The topological polar surface area (TPSA) is 46.9 Å². The highest BCUT2D eigenvalue weighted by Gasteiger charge is 2.41. The number of aromatic nitrogens is 2. The number of hydrogen-bond acceptors (Lipinski definition) is 2. The summed E-state index contributed by atoms with van der Waals surface area (Å²) in [5, 5.41) is 7.83. The summed E-state index contributed by atoms with van der Waals surface area (Å²) in [5.41, 5.74) is 3.14. The summed E-state index contributed by atoms with van der Waals surface area (Å²) in [6.07, 6.45) is 5.28. The van der Waals surface area contributed by atoms with Crippen LogP contribution in [0.3, 0.4) is 0 Å². The lowest BCUT2D eigenvalue weighted by molar-refractivity contribution is -0.126. The molecule has 1 N–H and O–H groups in total. The maximum Gasteiger partial charge on any atom is 0.228 e. The highest BCUT2D eigenvalue weighted by atomic mass is 19.1. The maximum atomic E-state index is 13.3. The van der Waals surface area contributed by atoms with Crippen LogP contribution in [-0.2, 0) is 11.8 Å². The van der Waals surface area contributed by atoms with Gasteiger partial charge in [-0.3, -0.25) is 9.48 Å². The normalized spacial score (nSPS) is 19.7. The summed E-state index contributed by atoms with van der Waals surface area (Å²) >= 11 is 0. The Morgan fingerprint density at radius 1 is 1.23 bits per heavy atom. The van der Waals surface area contributed by atoms with Gasteiger partial charge in [0.1, 0.15) is 11.6 Å². The number of benzene rings is 1. The monoisotopic (exact) mass is 355 g/mol. The Kier molecular flexibility index (Phi) is 4.13. The molecular weight excluding hydrogens is 329 g/mol. The van der Waals surface area contributed by atoms with Crippen LogP contribution < -0.4 is 5.32 Å². The van der Waals surface area contributed by atoms with Crippen molar-refractivity contribution in [2.45, 2.75) is 51.9 Å². The molecule has 5 heteroatoms. The van der Waals surface area contributed by atoms with Crippen LogP contribution in [0.1, 0.15) is 57.4 Å². The van der Waals surface area contributed by atoms with Crippen LogP contribution in [0.15, 0.2) is 24.3 Å². The van der Waals surface area contributed by atoms with Gasteiger partial charge in [0, 0.05) is 24.1 Å². The fourth-order valence-corrected chi connectivity index (χ4v) is 4.27. The van der Waals surface area contributed by atoms with E-state index in [1.54, 1.807) is 16.8 Å². The van der Waals surface area contributed by atoms with Crippen molar-refractivity contribution in [2.24, 2.45) is 18.4 Å². The number of amides is 1. The first kappa shape index (κ1) is 17.3. The largest absolute Gasteiger partial charge is 0.310 e. The zero-order valence-electron chi connectivity index (χ0n) is 15.7. The third kappa shape index (κ3) is 3.04. The second-order valence-electron chi connectivity index (χ2n) is 8.63. The molecular formula is C21H26FN3O. The van der Waals surface area contributed by atoms with Crippen molar-refractivity contribution in [1.29, 1.82) is 0 Å². The third-order valence-electron chi connectivity index (χ3n) is 5.93. The van der Waals surface area contributed by atoms with Gasteiger partial charge in [-0.05, 0) is 61.3 Å². The summed E-state index contributed by atoms with van der Waals surface area (Å²) in [6, 6.07) is 6.45. The van der Waals surface area contributed by atoms with Gasteiger partial charge in [0.25, 0.3) is 0 Å². The van der Waals surface area contributed by atoms with E-state index in [4.69, 9.17) is 0 Å². The predicted octanol–water partition coefficient (Wildman–Crippen LogP) is 4.87. The highest BCUT2D eigenvalue weighted by Crippen LogP contribution is 2.47. The first-order valence-electron chi connectivity index (χ1n) is 9.48. The molecule has 2 aliphatic carbocycles. The Morgan fingerprint density at radius 3 is 2.42 bits per heavy atom. The zero-order valence-corrected chi connectivity index (χ0v) is 15.7. The molecule has 26 heavy (non-hydrogen) atoms. The number of carbonyl (C=O) groups is 1. The molecule has 0 unspecified atom stereocenters. The van der Waals surface area contributed by atoms with Gasteiger partial charge < -0.3 is 5.32 Å². The van der Waals surface area contributed by atoms with Gasteiger partial charge in [-0.1, -0.05) is 20.3 Å². The average molecular weight is 355 g/mol.